The van der Waals surface area contributed by atoms with Crippen LogP contribution in [-0.4, -0.2) is 71.2 Å². The third kappa shape index (κ3) is 5.08. The average molecular weight is 387 g/mol. The van der Waals surface area contributed by atoms with Crippen molar-refractivity contribution in [2.75, 3.05) is 39.3 Å². The summed E-state index contributed by atoms with van der Waals surface area (Å²) in [6.45, 7) is 11.5. The number of carbonyl (C=O) groups excluding carboxylic acids is 1. The van der Waals surface area contributed by atoms with Gasteiger partial charge in [0.2, 0.25) is 0 Å². The molecule has 28 heavy (non-hydrogen) atoms. The first kappa shape index (κ1) is 20.3. The van der Waals surface area contributed by atoms with E-state index in [-0.39, 0.29) is 12.0 Å². The Balaban J connectivity index is 1.64. The zero-order chi connectivity index (χ0) is 19.9. The number of ether oxygens (including phenoxy) is 1. The average Bonchev–Trinajstić information content (AvgIpc) is 3.13. The molecule has 8 nitrogen and oxygen atoms in total. The first-order valence-electron chi connectivity index (χ1n) is 10.0. The number of benzene rings is 1. The number of carbonyl (C=O) groups is 1. The Bertz CT molecular complexity index is 766. The number of hydrogen-bond donors (Lipinski definition) is 2. The van der Waals surface area contributed by atoms with Crippen LogP contribution >= 0.6 is 0 Å². The summed E-state index contributed by atoms with van der Waals surface area (Å²) in [6, 6.07) is 7.67. The highest BCUT2D eigenvalue weighted by atomic mass is 16.5. The van der Waals surface area contributed by atoms with Crippen LogP contribution in [0.1, 0.15) is 37.0 Å². The quantitative estimate of drug-likeness (QED) is 0.710. The predicted octanol–water partition coefficient (Wildman–Crippen LogP) is 1.25. The Morgan fingerprint density at radius 3 is 2.61 bits per heavy atom. The normalized spacial score (nSPS) is 15.0. The van der Waals surface area contributed by atoms with Gasteiger partial charge in [0.1, 0.15) is 5.75 Å². The SMILES string of the molecule is CCc1c(C(=O)NCCN2CCNCC2)nnn1-c1ccc(OC(C)C)cc1. The van der Waals surface area contributed by atoms with E-state index in [1.807, 2.05) is 45.0 Å². The topological polar surface area (TPSA) is 84.3 Å². The molecule has 2 aromatic rings. The van der Waals surface area contributed by atoms with Crippen LogP contribution in [-0.2, 0) is 6.42 Å². The molecule has 0 radical (unpaired) electrons. The number of aromatic nitrogens is 3. The van der Waals surface area contributed by atoms with Crippen LogP contribution in [0.15, 0.2) is 24.3 Å². The highest BCUT2D eigenvalue weighted by Gasteiger charge is 2.19. The standard InChI is InChI=1S/C20H30N6O2/c1-4-18-19(20(27)22-11-14-25-12-9-21-10-13-25)23-24-26(18)16-5-7-17(8-6-16)28-15(2)3/h5-8,15,21H,4,9-14H2,1-3H3,(H,22,27). The van der Waals surface area contributed by atoms with Crippen molar-refractivity contribution in [2.45, 2.75) is 33.3 Å². The summed E-state index contributed by atoms with van der Waals surface area (Å²) in [6.07, 6.45) is 0.789. The Kier molecular flexibility index (Phi) is 7.00. The van der Waals surface area contributed by atoms with Crippen molar-refractivity contribution in [3.05, 3.63) is 35.7 Å². The maximum absolute atomic E-state index is 12.6. The van der Waals surface area contributed by atoms with Crippen molar-refractivity contribution in [2.24, 2.45) is 0 Å². The van der Waals surface area contributed by atoms with Gasteiger partial charge in [-0.25, -0.2) is 4.68 Å². The first-order chi connectivity index (χ1) is 13.6. The van der Waals surface area contributed by atoms with E-state index >= 15 is 0 Å². The molecule has 1 aromatic heterocycles. The smallest absolute Gasteiger partial charge is 0.273 e. The second-order valence-corrected chi connectivity index (χ2v) is 7.16. The van der Waals surface area contributed by atoms with Crippen molar-refractivity contribution in [3.8, 4) is 11.4 Å². The van der Waals surface area contributed by atoms with Crippen molar-refractivity contribution in [1.29, 1.82) is 0 Å². The summed E-state index contributed by atoms with van der Waals surface area (Å²) in [5.41, 5.74) is 2.06. The van der Waals surface area contributed by atoms with Crippen LogP contribution in [0, 0.1) is 0 Å². The number of amides is 1. The first-order valence-corrected chi connectivity index (χ1v) is 10.0. The summed E-state index contributed by atoms with van der Waals surface area (Å²) in [5, 5.41) is 14.7. The van der Waals surface area contributed by atoms with Gasteiger partial charge in [-0.15, -0.1) is 5.10 Å². The second-order valence-electron chi connectivity index (χ2n) is 7.16. The molecule has 2 heterocycles. The van der Waals surface area contributed by atoms with E-state index in [0.29, 0.717) is 18.7 Å². The van der Waals surface area contributed by atoms with Gasteiger partial charge in [0.25, 0.3) is 5.91 Å². The molecule has 1 aromatic carbocycles. The van der Waals surface area contributed by atoms with Crippen LogP contribution in [0.3, 0.4) is 0 Å². The number of rotatable bonds is 8. The Labute approximate surface area is 166 Å². The van der Waals surface area contributed by atoms with Crippen molar-refractivity contribution in [1.82, 2.24) is 30.5 Å². The molecule has 0 aliphatic carbocycles. The van der Waals surface area contributed by atoms with Crippen LogP contribution in [0.2, 0.25) is 0 Å². The summed E-state index contributed by atoms with van der Waals surface area (Å²) in [4.78, 5) is 15.0. The van der Waals surface area contributed by atoms with Gasteiger partial charge in [-0.05, 0) is 44.5 Å². The lowest BCUT2D eigenvalue weighted by atomic mass is 10.2. The third-order valence-electron chi connectivity index (χ3n) is 4.69. The van der Waals surface area contributed by atoms with E-state index in [9.17, 15) is 4.79 Å². The lowest BCUT2D eigenvalue weighted by Crippen LogP contribution is -2.46. The Morgan fingerprint density at radius 2 is 1.96 bits per heavy atom. The van der Waals surface area contributed by atoms with Gasteiger partial charge in [-0.3, -0.25) is 9.69 Å². The number of nitrogens with one attached hydrogen (secondary N) is 2. The summed E-state index contributed by atoms with van der Waals surface area (Å²) >= 11 is 0. The van der Waals surface area contributed by atoms with E-state index in [4.69, 9.17) is 4.74 Å². The molecule has 1 amide bonds. The Hall–Kier alpha value is -2.45. The van der Waals surface area contributed by atoms with Crippen molar-refractivity contribution >= 4 is 5.91 Å². The van der Waals surface area contributed by atoms with Crippen molar-refractivity contribution < 1.29 is 9.53 Å². The van der Waals surface area contributed by atoms with Crippen LogP contribution in [0.4, 0.5) is 0 Å². The fraction of sp³-hybridized carbons (Fsp3) is 0.550. The van der Waals surface area contributed by atoms with Gasteiger partial charge in [0, 0.05) is 39.3 Å². The predicted molar refractivity (Wildman–Crippen MR) is 108 cm³/mol. The molecule has 1 aliphatic heterocycles. The fourth-order valence-electron chi connectivity index (χ4n) is 3.29. The van der Waals surface area contributed by atoms with Gasteiger partial charge in [-0.2, -0.15) is 0 Å². The molecule has 8 heteroatoms. The molecular formula is C20H30N6O2. The van der Waals surface area contributed by atoms with Gasteiger partial charge < -0.3 is 15.4 Å². The number of hydrogen-bond acceptors (Lipinski definition) is 6. The molecule has 0 saturated carbocycles. The van der Waals surface area contributed by atoms with E-state index in [0.717, 1.165) is 49.9 Å². The summed E-state index contributed by atoms with van der Waals surface area (Å²) < 4.78 is 7.41. The maximum atomic E-state index is 12.6. The van der Waals surface area contributed by atoms with E-state index < -0.39 is 0 Å². The molecule has 0 unspecified atom stereocenters. The van der Waals surface area contributed by atoms with Gasteiger partial charge >= 0.3 is 0 Å². The van der Waals surface area contributed by atoms with Gasteiger partial charge in [0.05, 0.1) is 17.5 Å². The lowest BCUT2D eigenvalue weighted by molar-refractivity contribution is 0.0941. The minimum Gasteiger partial charge on any atom is -0.491 e. The molecule has 152 valence electrons. The highest BCUT2D eigenvalue weighted by Crippen LogP contribution is 2.18. The summed E-state index contributed by atoms with van der Waals surface area (Å²) in [5.74, 6) is 0.640. The highest BCUT2D eigenvalue weighted by molar-refractivity contribution is 5.93. The number of nitrogens with zero attached hydrogens (tertiary/aromatic N) is 4. The monoisotopic (exact) mass is 386 g/mol. The largest absolute Gasteiger partial charge is 0.491 e. The van der Waals surface area contributed by atoms with Gasteiger partial charge in [0.15, 0.2) is 5.69 Å². The molecule has 2 N–H and O–H groups in total. The van der Waals surface area contributed by atoms with Crippen LogP contribution < -0.4 is 15.4 Å². The molecule has 0 atom stereocenters. The zero-order valence-electron chi connectivity index (χ0n) is 16.9. The minimum absolute atomic E-state index is 0.125. The van der Waals surface area contributed by atoms with Crippen LogP contribution in [0.5, 0.6) is 5.75 Å². The van der Waals surface area contributed by atoms with E-state index in [1.165, 1.54) is 0 Å². The fourth-order valence-corrected chi connectivity index (χ4v) is 3.29. The molecule has 0 bridgehead atoms. The van der Waals surface area contributed by atoms with Crippen LogP contribution in [0.25, 0.3) is 5.69 Å². The Morgan fingerprint density at radius 1 is 1.25 bits per heavy atom. The summed E-state index contributed by atoms with van der Waals surface area (Å²) in [7, 11) is 0. The third-order valence-corrected chi connectivity index (χ3v) is 4.69. The van der Waals surface area contributed by atoms with E-state index in [1.54, 1.807) is 4.68 Å². The molecular weight excluding hydrogens is 356 g/mol. The maximum Gasteiger partial charge on any atom is 0.273 e. The molecule has 0 spiro atoms. The van der Waals surface area contributed by atoms with E-state index in [2.05, 4.69) is 25.8 Å². The number of piperazine rings is 1. The zero-order valence-corrected chi connectivity index (χ0v) is 16.9. The second kappa shape index (κ2) is 9.66. The lowest BCUT2D eigenvalue weighted by Gasteiger charge is -2.27. The molecule has 3 rings (SSSR count). The molecule has 1 aliphatic rings. The molecule has 1 fully saturated rings. The minimum atomic E-state index is -0.169. The van der Waals surface area contributed by atoms with Crippen molar-refractivity contribution in [3.63, 3.8) is 0 Å². The molecule has 1 saturated heterocycles. The van der Waals surface area contributed by atoms with Gasteiger partial charge in [-0.1, -0.05) is 12.1 Å².